The van der Waals surface area contributed by atoms with Crippen LogP contribution in [-0.2, 0) is 0 Å². The zero-order valence-electron chi connectivity index (χ0n) is 14.6. The molecule has 0 saturated carbocycles. The topological polar surface area (TPSA) is 95.2 Å². The van der Waals surface area contributed by atoms with Gasteiger partial charge in [-0.1, -0.05) is 42.5 Å². The van der Waals surface area contributed by atoms with Crippen molar-refractivity contribution in [2.75, 3.05) is 0 Å². The third-order valence-electron chi connectivity index (χ3n) is 4.81. The van der Waals surface area contributed by atoms with Gasteiger partial charge in [0, 0.05) is 5.56 Å². The summed E-state index contributed by atoms with van der Waals surface area (Å²) in [6.45, 7) is 0. The summed E-state index contributed by atoms with van der Waals surface area (Å²) in [7, 11) is 0. The molecule has 0 radical (unpaired) electrons. The zero-order chi connectivity index (χ0) is 19.7. The van der Waals surface area contributed by atoms with Crippen LogP contribution in [0.15, 0.2) is 60.7 Å². The van der Waals surface area contributed by atoms with Gasteiger partial charge < -0.3 is 0 Å². The van der Waals surface area contributed by atoms with Crippen LogP contribution in [0.2, 0.25) is 0 Å². The highest BCUT2D eigenvalue weighted by molar-refractivity contribution is 6.06. The molecule has 126 valence electrons. The van der Waals surface area contributed by atoms with E-state index in [1.165, 1.54) is 6.07 Å². The lowest BCUT2D eigenvalue weighted by atomic mass is 9.86. The Morgan fingerprint density at radius 3 is 1.68 bits per heavy atom. The molecule has 0 atom stereocenters. The average molecular weight is 354 g/mol. The summed E-state index contributed by atoms with van der Waals surface area (Å²) in [6.07, 6.45) is 0. The Kier molecular flexibility index (Phi) is 3.95. The van der Waals surface area contributed by atoms with Crippen LogP contribution in [0.3, 0.4) is 0 Å². The first-order chi connectivity index (χ1) is 13.7. The van der Waals surface area contributed by atoms with Crippen LogP contribution in [-0.4, -0.2) is 0 Å². The number of rotatable bonds is 1. The Hall–Kier alpha value is -4.64. The molecule has 4 aromatic rings. The van der Waals surface area contributed by atoms with Crippen LogP contribution in [0, 0.1) is 45.3 Å². The van der Waals surface area contributed by atoms with Crippen molar-refractivity contribution in [1.29, 1.82) is 21.0 Å². The predicted molar refractivity (Wildman–Crippen MR) is 106 cm³/mol. The first-order valence-corrected chi connectivity index (χ1v) is 8.45. The minimum Gasteiger partial charge on any atom is -0.192 e. The van der Waals surface area contributed by atoms with Crippen molar-refractivity contribution in [3.05, 3.63) is 82.9 Å². The minimum atomic E-state index is 0.0887. The smallest absolute Gasteiger partial charge is 0.101 e. The van der Waals surface area contributed by atoms with Crippen LogP contribution in [0.4, 0.5) is 0 Å². The third kappa shape index (κ3) is 2.43. The van der Waals surface area contributed by atoms with E-state index in [1.807, 2.05) is 66.7 Å². The van der Waals surface area contributed by atoms with Gasteiger partial charge in [-0.05, 0) is 45.3 Å². The van der Waals surface area contributed by atoms with Crippen LogP contribution in [0.25, 0.3) is 32.7 Å². The molecule has 0 aliphatic rings. The molecule has 0 fully saturated rings. The number of nitriles is 4. The van der Waals surface area contributed by atoms with Crippen molar-refractivity contribution < 1.29 is 0 Å². The van der Waals surface area contributed by atoms with E-state index in [2.05, 4.69) is 12.1 Å². The average Bonchev–Trinajstić information content (AvgIpc) is 2.75. The van der Waals surface area contributed by atoms with E-state index < -0.39 is 0 Å². The number of benzene rings is 4. The highest BCUT2D eigenvalue weighted by atomic mass is 14.3. The summed E-state index contributed by atoms with van der Waals surface area (Å²) < 4.78 is 0. The first kappa shape index (κ1) is 16.8. The fourth-order valence-electron chi connectivity index (χ4n) is 3.55. The Morgan fingerprint density at radius 2 is 1.11 bits per heavy atom. The van der Waals surface area contributed by atoms with E-state index in [1.54, 1.807) is 0 Å². The Bertz CT molecular complexity index is 1400. The van der Waals surface area contributed by atoms with Gasteiger partial charge in [-0.25, -0.2) is 0 Å². The molecule has 28 heavy (non-hydrogen) atoms. The molecule has 0 heterocycles. The Balaban J connectivity index is 2.22. The fraction of sp³-hybridized carbons (Fsp3) is 0. The van der Waals surface area contributed by atoms with Gasteiger partial charge in [-0.2, -0.15) is 21.0 Å². The summed E-state index contributed by atoms with van der Waals surface area (Å²) in [5, 5.41) is 42.3. The van der Waals surface area contributed by atoms with Gasteiger partial charge in [-0.15, -0.1) is 0 Å². The molecule has 4 nitrogen and oxygen atoms in total. The summed E-state index contributed by atoms with van der Waals surface area (Å²) in [5.41, 5.74) is 1.39. The maximum absolute atomic E-state index is 9.73. The van der Waals surface area contributed by atoms with Crippen LogP contribution < -0.4 is 0 Å². The molecular weight excluding hydrogens is 344 g/mol. The molecule has 0 N–H and O–H groups in total. The number of hydrogen-bond donors (Lipinski definition) is 0. The minimum absolute atomic E-state index is 0.0887. The number of fused-ring (bicyclic) bond motifs is 2. The Labute approximate surface area is 161 Å². The molecule has 0 amide bonds. The van der Waals surface area contributed by atoms with Crippen molar-refractivity contribution in [3.8, 4) is 35.4 Å². The van der Waals surface area contributed by atoms with E-state index in [9.17, 15) is 21.0 Å². The van der Waals surface area contributed by atoms with E-state index in [0.29, 0.717) is 11.1 Å². The maximum Gasteiger partial charge on any atom is 0.101 e. The molecule has 4 heteroatoms. The monoisotopic (exact) mass is 354 g/mol. The molecule has 0 aliphatic carbocycles. The summed E-state index contributed by atoms with van der Waals surface area (Å²) in [6, 6.07) is 27.0. The molecule has 0 aromatic heterocycles. The van der Waals surface area contributed by atoms with Crippen LogP contribution >= 0.6 is 0 Å². The summed E-state index contributed by atoms with van der Waals surface area (Å²) in [5.74, 6) is 0. The van der Waals surface area contributed by atoms with Gasteiger partial charge in [0.25, 0.3) is 0 Å². The second kappa shape index (κ2) is 6.59. The standard InChI is InChI=1S/C24H10N4/c25-11-18-9-19(12-26)23(14-28)24(22(18)13-27)20-7-3-6-17-8-15-4-1-2-5-16(15)10-21(17)20/h1-10H. The quantitative estimate of drug-likeness (QED) is 0.442. The van der Waals surface area contributed by atoms with Crippen LogP contribution in [0.1, 0.15) is 22.3 Å². The van der Waals surface area contributed by atoms with Crippen molar-refractivity contribution in [2.45, 2.75) is 0 Å². The summed E-state index contributed by atoms with van der Waals surface area (Å²) >= 11 is 0. The first-order valence-electron chi connectivity index (χ1n) is 8.45. The highest BCUT2D eigenvalue weighted by Gasteiger charge is 2.21. The van der Waals surface area contributed by atoms with Crippen molar-refractivity contribution >= 4 is 21.5 Å². The third-order valence-corrected chi connectivity index (χ3v) is 4.81. The van der Waals surface area contributed by atoms with Gasteiger partial charge in [-0.3, -0.25) is 0 Å². The van der Waals surface area contributed by atoms with Gasteiger partial charge >= 0.3 is 0 Å². The van der Waals surface area contributed by atoms with Gasteiger partial charge in [0.05, 0.1) is 22.3 Å². The van der Waals surface area contributed by atoms with Gasteiger partial charge in [0.2, 0.25) is 0 Å². The van der Waals surface area contributed by atoms with E-state index >= 15 is 0 Å². The van der Waals surface area contributed by atoms with Gasteiger partial charge in [0.15, 0.2) is 0 Å². The Morgan fingerprint density at radius 1 is 0.536 bits per heavy atom. The fourth-order valence-corrected chi connectivity index (χ4v) is 3.55. The molecule has 0 unspecified atom stereocenters. The van der Waals surface area contributed by atoms with Crippen molar-refractivity contribution in [3.63, 3.8) is 0 Å². The van der Waals surface area contributed by atoms with E-state index in [0.717, 1.165) is 21.5 Å². The number of hydrogen-bond acceptors (Lipinski definition) is 4. The van der Waals surface area contributed by atoms with Crippen molar-refractivity contribution in [1.82, 2.24) is 0 Å². The lowest BCUT2D eigenvalue weighted by Gasteiger charge is -2.13. The lowest BCUT2D eigenvalue weighted by Crippen LogP contribution is -1.99. The molecule has 0 spiro atoms. The number of nitrogens with zero attached hydrogens (tertiary/aromatic N) is 4. The molecule has 0 aliphatic heterocycles. The maximum atomic E-state index is 9.73. The SMILES string of the molecule is N#Cc1cc(C#N)c(C#N)c(-c2cccc3cc4ccccc4cc23)c1C#N. The normalized spacial score (nSPS) is 10.0. The molecule has 0 saturated heterocycles. The second-order valence-corrected chi connectivity index (χ2v) is 6.27. The second-order valence-electron chi connectivity index (χ2n) is 6.27. The molecule has 4 aromatic carbocycles. The van der Waals surface area contributed by atoms with E-state index in [4.69, 9.17) is 0 Å². The summed E-state index contributed by atoms with van der Waals surface area (Å²) in [4.78, 5) is 0. The molecule has 0 bridgehead atoms. The predicted octanol–water partition coefficient (Wildman–Crippen LogP) is 5.15. The molecule has 4 rings (SSSR count). The molecular formula is C24H10N4. The lowest BCUT2D eigenvalue weighted by molar-refractivity contribution is 1.38. The van der Waals surface area contributed by atoms with Crippen molar-refractivity contribution in [2.24, 2.45) is 0 Å². The van der Waals surface area contributed by atoms with Gasteiger partial charge in [0.1, 0.15) is 24.3 Å². The van der Waals surface area contributed by atoms with Crippen LogP contribution in [0.5, 0.6) is 0 Å². The highest BCUT2D eigenvalue weighted by Crippen LogP contribution is 2.37. The largest absolute Gasteiger partial charge is 0.192 e. The van der Waals surface area contributed by atoms with E-state index in [-0.39, 0.29) is 22.3 Å². The zero-order valence-corrected chi connectivity index (χ0v) is 14.6.